The molecule has 0 spiro atoms. The van der Waals surface area contributed by atoms with E-state index in [1.807, 2.05) is 6.07 Å². The van der Waals surface area contributed by atoms with Crippen LogP contribution in [0.5, 0.6) is 0 Å². The molecule has 1 aliphatic rings. The molecule has 0 bridgehead atoms. The van der Waals surface area contributed by atoms with Gasteiger partial charge < -0.3 is 11.5 Å². The van der Waals surface area contributed by atoms with Gasteiger partial charge in [0.1, 0.15) is 0 Å². The van der Waals surface area contributed by atoms with Gasteiger partial charge in [0.05, 0.1) is 0 Å². The molecule has 4 N–H and O–H groups in total. The van der Waals surface area contributed by atoms with Gasteiger partial charge in [0, 0.05) is 11.7 Å². The molecule has 0 aliphatic heterocycles. The summed E-state index contributed by atoms with van der Waals surface area (Å²) in [4.78, 5) is 0. The van der Waals surface area contributed by atoms with Crippen LogP contribution in [0.2, 0.25) is 0 Å². The van der Waals surface area contributed by atoms with E-state index in [2.05, 4.69) is 24.3 Å². The van der Waals surface area contributed by atoms with Crippen molar-refractivity contribution >= 4 is 16.5 Å². The first-order valence-corrected chi connectivity index (χ1v) is 4.83. The topological polar surface area (TPSA) is 52.0 Å². The zero-order valence-electron chi connectivity index (χ0n) is 7.83. The van der Waals surface area contributed by atoms with E-state index in [-0.39, 0.29) is 6.04 Å². The lowest BCUT2D eigenvalue weighted by molar-refractivity contribution is 0.758. The molecule has 2 nitrogen and oxygen atoms in total. The molecule has 0 fully saturated rings. The average Bonchev–Trinajstić information content (AvgIpc) is 2.53. The molecular weight excluding hydrogens is 172 g/mol. The summed E-state index contributed by atoms with van der Waals surface area (Å²) in [6.07, 6.45) is 0.878. The first kappa shape index (κ1) is 7.83. The van der Waals surface area contributed by atoms with Crippen LogP contribution in [-0.2, 0) is 6.42 Å². The van der Waals surface area contributed by atoms with E-state index >= 15 is 0 Å². The van der Waals surface area contributed by atoms with Crippen molar-refractivity contribution in [1.82, 2.24) is 0 Å². The summed E-state index contributed by atoms with van der Waals surface area (Å²) in [5, 5.41) is 2.53. The Kier molecular flexibility index (Phi) is 1.39. The van der Waals surface area contributed by atoms with Crippen LogP contribution in [-0.4, -0.2) is 0 Å². The van der Waals surface area contributed by atoms with Gasteiger partial charge >= 0.3 is 0 Å². The minimum atomic E-state index is 0.124. The molecule has 1 unspecified atom stereocenters. The van der Waals surface area contributed by atoms with Gasteiger partial charge in [0.15, 0.2) is 0 Å². The van der Waals surface area contributed by atoms with Crippen LogP contribution in [0.25, 0.3) is 10.8 Å². The molecule has 14 heavy (non-hydrogen) atoms. The Morgan fingerprint density at radius 2 is 2.00 bits per heavy atom. The van der Waals surface area contributed by atoms with Gasteiger partial charge in [-0.3, -0.25) is 0 Å². The molecule has 2 aromatic carbocycles. The molecule has 2 heteroatoms. The largest absolute Gasteiger partial charge is 0.398 e. The number of nitrogen functional groups attached to an aromatic ring is 1. The normalized spacial score (nSPS) is 19.1. The Labute approximate surface area is 82.5 Å². The van der Waals surface area contributed by atoms with Crippen molar-refractivity contribution in [2.45, 2.75) is 12.5 Å². The number of benzene rings is 2. The number of hydrogen-bond donors (Lipinski definition) is 2. The summed E-state index contributed by atoms with van der Waals surface area (Å²) in [6, 6.07) is 10.4. The summed E-state index contributed by atoms with van der Waals surface area (Å²) < 4.78 is 0. The smallest absolute Gasteiger partial charge is 0.0353 e. The van der Waals surface area contributed by atoms with E-state index in [1.165, 1.54) is 21.9 Å². The van der Waals surface area contributed by atoms with E-state index in [4.69, 9.17) is 11.5 Å². The molecule has 0 saturated carbocycles. The van der Waals surface area contributed by atoms with Crippen LogP contribution >= 0.6 is 0 Å². The highest BCUT2D eigenvalue weighted by Gasteiger charge is 2.22. The Morgan fingerprint density at radius 1 is 1.14 bits per heavy atom. The summed E-state index contributed by atoms with van der Waals surface area (Å²) >= 11 is 0. The second kappa shape index (κ2) is 2.49. The molecule has 70 valence electrons. The van der Waals surface area contributed by atoms with Crippen molar-refractivity contribution in [3.05, 3.63) is 41.5 Å². The summed E-state index contributed by atoms with van der Waals surface area (Å²) in [7, 11) is 0. The molecule has 3 rings (SSSR count). The lowest BCUT2D eigenvalue weighted by Crippen LogP contribution is -2.07. The van der Waals surface area contributed by atoms with Crippen LogP contribution in [0.3, 0.4) is 0 Å². The monoisotopic (exact) mass is 184 g/mol. The van der Waals surface area contributed by atoms with Crippen molar-refractivity contribution in [2.24, 2.45) is 5.73 Å². The van der Waals surface area contributed by atoms with Crippen LogP contribution < -0.4 is 11.5 Å². The molecule has 0 heterocycles. The van der Waals surface area contributed by atoms with Crippen LogP contribution in [0, 0.1) is 0 Å². The highest BCUT2D eigenvalue weighted by Crippen LogP contribution is 2.38. The molecular formula is C12H12N2. The van der Waals surface area contributed by atoms with E-state index < -0.39 is 0 Å². The third kappa shape index (κ3) is 0.836. The molecule has 1 aliphatic carbocycles. The molecule has 0 amide bonds. The number of rotatable bonds is 0. The van der Waals surface area contributed by atoms with E-state index in [1.54, 1.807) is 0 Å². The zero-order valence-corrected chi connectivity index (χ0v) is 7.83. The van der Waals surface area contributed by atoms with Crippen LogP contribution in [0.15, 0.2) is 30.3 Å². The lowest BCUT2D eigenvalue weighted by Gasteiger charge is -2.03. The first-order chi connectivity index (χ1) is 6.77. The van der Waals surface area contributed by atoms with Gasteiger partial charge in [-0.15, -0.1) is 0 Å². The number of nitrogens with two attached hydrogens (primary N) is 2. The predicted octanol–water partition coefficient (Wildman–Crippen LogP) is 1.98. The molecule has 0 saturated heterocycles. The molecule has 2 aromatic rings. The van der Waals surface area contributed by atoms with Gasteiger partial charge in [0.2, 0.25) is 0 Å². The minimum absolute atomic E-state index is 0.124. The van der Waals surface area contributed by atoms with E-state index in [9.17, 15) is 0 Å². The number of hydrogen-bond acceptors (Lipinski definition) is 2. The summed E-state index contributed by atoms with van der Waals surface area (Å²) in [5.41, 5.74) is 15.3. The van der Waals surface area contributed by atoms with Crippen LogP contribution in [0.4, 0.5) is 5.69 Å². The third-order valence-corrected chi connectivity index (χ3v) is 3.05. The molecule has 1 atom stereocenters. The Morgan fingerprint density at radius 3 is 2.86 bits per heavy atom. The fraction of sp³-hybridized carbons (Fsp3) is 0.167. The zero-order chi connectivity index (χ0) is 9.71. The third-order valence-electron chi connectivity index (χ3n) is 3.05. The maximum atomic E-state index is 6.05. The van der Waals surface area contributed by atoms with Crippen molar-refractivity contribution in [2.75, 3.05) is 5.73 Å². The van der Waals surface area contributed by atoms with Gasteiger partial charge in [-0.05, 0) is 34.4 Å². The van der Waals surface area contributed by atoms with E-state index in [0.29, 0.717) is 0 Å². The fourth-order valence-corrected chi connectivity index (χ4v) is 2.36. The Bertz CT molecular complexity index is 517. The van der Waals surface area contributed by atoms with Gasteiger partial charge in [-0.1, -0.05) is 24.3 Å². The molecule has 0 radical (unpaired) electrons. The van der Waals surface area contributed by atoms with Crippen molar-refractivity contribution in [1.29, 1.82) is 0 Å². The Hall–Kier alpha value is -1.54. The van der Waals surface area contributed by atoms with Crippen molar-refractivity contribution in [3.63, 3.8) is 0 Å². The van der Waals surface area contributed by atoms with Crippen LogP contribution in [0.1, 0.15) is 17.2 Å². The second-order valence-electron chi connectivity index (χ2n) is 3.89. The quantitative estimate of drug-likeness (QED) is 0.615. The first-order valence-electron chi connectivity index (χ1n) is 4.83. The maximum Gasteiger partial charge on any atom is 0.0353 e. The lowest BCUT2D eigenvalue weighted by atomic mass is 10.0. The molecule has 0 aromatic heterocycles. The predicted molar refractivity (Wildman–Crippen MR) is 59.0 cm³/mol. The fourth-order valence-electron chi connectivity index (χ4n) is 2.36. The second-order valence-corrected chi connectivity index (χ2v) is 3.89. The summed E-state index contributed by atoms with van der Waals surface area (Å²) in [5.74, 6) is 0. The van der Waals surface area contributed by atoms with Crippen molar-refractivity contribution in [3.8, 4) is 0 Å². The maximum absolute atomic E-state index is 6.05. The van der Waals surface area contributed by atoms with Gasteiger partial charge in [-0.25, -0.2) is 0 Å². The van der Waals surface area contributed by atoms with Gasteiger partial charge in [-0.2, -0.15) is 0 Å². The van der Waals surface area contributed by atoms with Gasteiger partial charge in [0.25, 0.3) is 0 Å². The standard InChI is InChI=1S/C12H12N2/c13-10-5-4-7-2-1-3-8-11(14)6-9(10)12(7)8/h1-5,11H,6,13-14H2. The SMILES string of the molecule is Nc1ccc2cccc3c2c1CC3N. The number of anilines is 1. The Balaban J connectivity index is 2.51. The van der Waals surface area contributed by atoms with Crippen molar-refractivity contribution < 1.29 is 0 Å². The summed E-state index contributed by atoms with van der Waals surface area (Å²) in [6.45, 7) is 0. The average molecular weight is 184 g/mol. The highest BCUT2D eigenvalue weighted by atomic mass is 14.7. The highest BCUT2D eigenvalue weighted by molar-refractivity contribution is 5.94. The minimum Gasteiger partial charge on any atom is -0.398 e. The van der Waals surface area contributed by atoms with E-state index in [0.717, 1.165) is 12.1 Å².